The average Bonchev–Trinajstić information content (AvgIpc) is 2.95. The molecule has 19 heavy (non-hydrogen) atoms. The van der Waals surface area contributed by atoms with E-state index in [0.29, 0.717) is 6.10 Å². The standard InChI is InChI=1S/C16H26N2O/c1-3-18(4-2)15-11-9-14(10-12-15)13-17-19-16-7-5-6-8-16/h9-12,16-17H,3-8,13H2,1-2H3. The van der Waals surface area contributed by atoms with Crippen LogP contribution in [0.1, 0.15) is 45.1 Å². The molecule has 2 rings (SSSR count). The highest BCUT2D eigenvalue weighted by atomic mass is 16.7. The van der Waals surface area contributed by atoms with E-state index in [4.69, 9.17) is 4.84 Å². The summed E-state index contributed by atoms with van der Waals surface area (Å²) in [6, 6.07) is 8.75. The molecule has 0 spiro atoms. The zero-order chi connectivity index (χ0) is 13.5. The summed E-state index contributed by atoms with van der Waals surface area (Å²) < 4.78 is 0. The topological polar surface area (TPSA) is 24.5 Å². The van der Waals surface area contributed by atoms with Gasteiger partial charge in [-0.3, -0.25) is 4.84 Å². The number of hydrogen-bond donors (Lipinski definition) is 1. The van der Waals surface area contributed by atoms with Gasteiger partial charge in [-0.2, -0.15) is 5.48 Å². The summed E-state index contributed by atoms with van der Waals surface area (Å²) in [5.74, 6) is 0. The van der Waals surface area contributed by atoms with Gasteiger partial charge in [0, 0.05) is 25.3 Å². The van der Waals surface area contributed by atoms with E-state index in [1.165, 1.54) is 36.9 Å². The first kappa shape index (κ1) is 14.4. The van der Waals surface area contributed by atoms with Crippen molar-refractivity contribution in [3.05, 3.63) is 29.8 Å². The van der Waals surface area contributed by atoms with Crippen molar-refractivity contribution in [2.75, 3.05) is 18.0 Å². The lowest BCUT2D eigenvalue weighted by Crippen LogP contribution is -2.22. The molecule has 1 aromatic carbocycles. The van der Waals surface area contributed by atoms with Crippen LogP contribution in [0.3, 0.4) is 0 Å². The van der Waals surface area contributed by atoms with Gasteiger partial charge in [-0.05, 0) is 44.4 Å². The number of anilines is 1. The molecular weight excluding hydrogens is 236 g/mol. The fourth-order valence-electron chi connectivity index (χ4n) is 2.66. The van der Waals surface area contributed by atoms with Gasteiger partial charge in [0.05, 0.1) is 6.10 Å². The van der Waals surface area contributed by atoms with Crippen molar-refractivity contribution in [2.45, 2.75) is 52.2 Å². The number of nitrogens with one attached hydrogen (secondary N) is 1. The molecule has 0 radical (unpaired) electrons. The summed E-state index contributed by atoms with van der Waals surface area (Å²) in [5, 5.41) is 0. The smallest absolute Gasteiger partial charge is 0.0790 e. The third kappa shape index (κ3) is 4.22. The molecule has 0 saturated heterocycles. The fourth-order valence-corrected chi connectivity index (χ4v) is 2.66. The Hall–Kier alpha value is -1.06. The van der Waals surface area contributed by atoms with E-state index in [-0.39, 0.29) is 0 Å². The van der Waals surface area contributed by atoms with E-state index < -0.39 is 0 Å². The van der Waals surface area contributed by atoms with Crippen LogP contribution in [-0.4, -0.2) is 19.2 Å². The van der Waals surface area contributed by atoms with Crippen LogP contribution in [0, 0.1) is 0 Å². The summed E-state index contributed by atoms with van der Waals surface area (Å²) >= 11 is 0. The van der Waals surface area contributed by atoms with E-state index in [1.54, 1.807) is 0 Å². The van der Waals surface area contributed by atoms with Crippen LogP contribution >= 0.6 is 0 Å². The first-order valence-corrected chi connectivity index (χ1v) is 7.56. The lowest BCUT2D eigenvalue weighted by Gasteiger charge is -2.21. The minimum atomic E-state index is 0.426. The summed E-state index contributed by atoms with van der Waals surface area (Å²) in [7, 11) is 0. The number of hydrogen-bond acceptors (Lipinski definition) is 3. The van der Waals surface area contributed by atoms with Crippen LogP contribution in [-0.2, 0) is 11.4 Å². The molecule has 1 fully saturated rings. The number of hydroxylamine groups is 1. The SMILES string of the molecule is CCN(CC)c1ccc(CNOC2CCCC2)cc1. The van der Waals surface area contributed by atoms with E-state index in [1.807, 2.05) is 0 Å². The molecule has 1 aliphatic rings. The molecule has 1 aliphatic carbocycles. The molecule has 0 atom stereocenters. The van der Waals surface area contributed by atoms with Gasteiger partial charge in [-0.1, -0.05) is 25.0 Å². The molecule has 0 unspecified atom stereocenters. The Morgan fingerprint density at radius 3 is 2.32 bits per heavy atom. The van der Waals surface area contributed by atoms with Crippen LogP contribution < -0.4 is 10.4 Å². The van der Waals surface area contributed by atoms with E-state index in [0.717, 1.165) is 19.6 Å². The molecule has 1 saturated carbocycles. The summed E-state index contributed by atoms with van der Waals surface area (Å²) in [5.41, 5.74) is 5.68. The Morgan fingerprint density at radius 2 is 1.74 bits per heavy atom. The van der Waals surface area contributed by atoms with Gasteiger partial charge in [0.2, 0.25) is 0 Å². The summed E-state index contributed by atoms with van der Waals surface area (Å²) in [4.78, 5) is 8.02. The predicted molar refractivity (Wildman–Crippen MR) is 80.2 cm³/mol. The van der Waals surface area contributed by atoms with Gasteiger partial charge in [-0.25, -0.2) is 0 Å². The van der Waals surface area contributed by atoms with Crippen molar-refractivity contribution < 1.29 is 4.84 Å². The molecule has 0 bridgehead atoms. The van der Waals surface area contributed by atoms with Crippen LogP contribution in [0.4, 0.5) is 5.69 Å². The largest absolute Gasteiger partial charge is 0.372 e. The lowest BCUT2D eigenvalue weighted by molar-refractivity contribution is -0.0244. The van der Waals surface area contributed by atoms with E-state index in [2.05, 4.69) is 48.5 Å². The summed E-state index contributed by atoms with van der Waals surface area (Å²) in [6.07, 6.45) is 5.45. The minimum Gasteiger partial charge on any atom is -0.372 e. The molecule has 0 aliphatic heterocycles. The molecule has 0 heterocycles. The first-order valence-electron chi connectivity index (χ1n) is 7.56. The van der Waals surface area contributed by atoms with Crippen molar-refractivity contribution >= 4 is 5.69 Å². The Kier molecular flexibility index (Phi) is 5.67. The van der Waals surface area contributed by atoms with Crippen LogP contribution in [0.25, 0.3) is 0 Å². The maximum Gasteiger partial charge on any atom is 0.0790 e. The molecule has 3 heteroatoms. The monoisotopic (exact) mass is 262 g/mol. The number of nitrogens with zero attached hydrogens (tertiary/aromatic N) is 1. The zero-order valence-corrected chi connectivity index (χ0v) is 12.2. The zero-order valence-electron chi connectivity index (χ0n) is 12.2. The van der Waals surface area contributed by atoms with E-state index in [9.17, 15) is 0 Å². The number of benzene rings is 1. The van der Waals surface area contributed by atoms with Gasteiger partial charge < -0.3 is 4.90 Å². The van der Waals surface area contributed by atoms with Gasteiger partial charge >= 0.3 is 0 Å². The van der Waals surface area contributed by atoms with Crippen LogP contribution in [0.15, 0.2) is 24.3 Å². The maximum atomic E-state index is 5.67. The average molecular weight is 262 g/mol. The van der Waals surface area contributed by atoms with Crippen molar-refractivity contribution in [1.82, 2.24) is 5.48 Å². The van der Waals surface area contributed by atoms with Gasteiger partial charge in [0.1, 0.15) is 0 Å². The highest BCUT2D eigenvalue weighted by molar-refractivity contribution is 5.47. The Labute approximate surface area is 116 Å². The maximum absolute atomic E-state index is 5.67. The molecule has 1 aromatic rings. The highest BCUT2D eigenvalue weighted by Crippen LogP contribution is 2.20. The Balaban J connectivity index is 1.77. The van der Waals surface area contributed by atoms with Crippen molar-refractivity contribution in [2.24, 2.45) is 0 Å². The van der Waals surface area contributed by atoms with Gasteiger partial charge in [-0.15, -0.1) is 0 Å². The second-order valence-corrected chi connectivity index (χ2v) is 5.18. The normalized spacial score (nSPS) is 15.9. The van der Waals surface area contributed by atoms with Gasteiger partial charge in [0.25, 0.3) is 0 Å². The highest BCUT2D eigenvalue weighted by Gasteiger charge is 2.15. The van der Waals surface area contributed by atoms with Crippen molar-refractivity contribution in [3.63, 3.8) is 0 Å². The Morgan fingerprint density at radius 1 is 1.11 bits per heavy atom. The molecular formula is C16H26N2O. The first-order chi connectivity index (χ1) is 9.33. The summed E-state index contributed by atoms with van der Waals surface area (Å²) in [6.45, 7) is 7.27. The third-order valence-corrected chi connectivity index (χ3v) is 3.89. The minimum absolute atomic E-state index is 0.426. The lowest BCUT2D eigenvalue weighted by atomic mass is 10.2. The Bertz CT molecular complexity index is 354. The second-order valence-electron chi connectivity index (χ2n) is 5.18. The molecule has 1 N–H and O–H groups in total. The fraction of sp³-hybridized carbons (Fsp3) is 0.625. The predicted octanol–water partition coefficient (Wildman–Crippen LogP) is 3.50. The molecule has 0 amide bonds. The third-order valence-electron chi connectivity index (χ3n) is 3.89. The quantitative estimate of drug-likeness (QED) is 0.761. The molecule has 3 nitrogen and oxygen atoms in total. The van der Waals surface area contributed by atoms with Gasteiger partial charge in [0.15, 0.2) is 0 Å². The van der Waals surface area contributed by atoms with Crippen LogP contribution in [0.5, 0.6) is 0 Å². The number of rotatable bonds is 7. The van der Waals surface area contributed by atoms with Crippen LogP contribution in [0.2, 0.25) is 0 Å². The van der Waals surface area contributed by atoms with Crippen molar-refractivity contribution in [1.29, 1.82) is 0 Å². The molecule has 0 aromatic heterocycles. The second kappa shape index (κ2) is 7.51. The molecule has 106 valence electrons. The van der Waals surface area contributed by atoms with E-state index >= 15 is 0 Å². The van der Waals surface area contributed by atoms with Crippen molar-refractivity contribution in [3.8, 4) is 0 Å².